The molecular formula is C44H75KN-. The van der Waals surface area contributed by atoms with Crippen molar-refractivity contribution in [2.75, 3.05) is 13.1 Å². The first-order chi connectivity index (χ1) is 22.0. The number of likely N-dealkylation sites (tertiary alicyclic amines) is 1. The average Bonchev–Trinajstić information content (AvgIpc) is 3.09. The van der Waals surface area contributed by atoms with E-state index in [2.05, 4.69) is 109 Å². The van der Waals surface area contributed by atoms with Crippen molar-refractivity contribution in [2.24, 2.45) is 11.8 Å². The molecule has 258 valence electrons. The Labute approximate surface area is 332 Å². The van der Waals surface area contributed by atoms with E-state index in [0.29, 0.717) is 5.92 Å². The molecule has 1 heterocycles. The quantitative estimate of drug-likeness (QED) is 0.0863. The molecule has 1 fully saturated rings. The van der Waals surface area contributed by atoms with E-state index in [1.54, 1.807) is 0 Å². The normalized spacial score (nSPS) is 17.3. The third-order valence-corrected chi connectivity index (χ3v) is 9.70. The number of nitrogens with zero attached hydrogens (tertiary/aromatic N) is 1. The van der Waals surface area contributed by atoms with Gasteiger partial charge in [-0.1, -0.05) is 162 Å². The maximum absolute atomic E-state index is 3.82. The summed E-state index contributed by atoms with van der Waals surface area (Å²) >= 11 is 0. The Hall–Kier alpha value is 0.0364. The fraction of sp³-hybridized carbons (Fsp3) is 0.705. The smallest absolute Gasteiger partial charge is 0.343 e. The molecule has 46 heavy (non-hydrogen) atoms. The summed E-state index contributed by atoms with van der Waals surface area (Å²) in [6.07, 6.45) is 35.1. The molecule has 0 radical (unpaired) electrons. The Kier molecular flexibility index (Phi) is 31.1. The zero-order valence-corrected chi connectivity index (χ0v) is 35.4. The number of allylic oxidation sites excluding steroid dienone is 6. The van der Waals surface area contributed by atoms with Crippen LogP contribution in [0.3, 0.4) is 0 Å². The minimum atomic E-state index is 0. The molecule has 1 aromatic rings. The van der Waals surface area contributed by atoms with Crippen molar-refractivity contribution in [1.82, 2.24) is 4.90 Å². The van der Waals surface area contributed by atoms with Gasteiger partial charge in [0.2, 0.25) is 0 Å². The maximum Gasteiger partial charge on any atom is 1.00 e. The number of benzene rings is 1. The number of piperidine rings is 1. The van der Waals surface area contributed by atoms with Gasteiger partial charge in [-0.15, -0.1) is 5.57 Å². The number of unbranched alkanes of at least 4 members (excludes halogenated alkanes) is 4. The molecule has 0 spiro atoms. The molecule has 0 saturated carbocycles. The number of hydrogen-bond donors (Lipinski definition) is 0. The molecule has 2 unspecified atom stereocenters. The topological polar surface area (TPSA) is 3.24 Å². The van der Waals surface area contributed by atoms with E-state index >= 15 is 0 Å². The molecule has 0 N–H and O–H groups in total. The number of rotatable bonds is 18. The van der Waals surface area contributed by atoms with Gasteiger partial charge in [-0.3, -0.25) is 6.08 Å². The van der Waals surface area contributed by atoms with E-state index in [0.717, 1.165) is 24.8 Å². The minimum absolute atomic E-state index is 0. The Morgan fingerprint density at radius 2 is 1.54 bits per heavy atom. The molecule has 1 aliphatic heterocycles. The van der Waals surface area contributed by atoms with Crippen LogP contribution in [0.2, 0.25) is 0 Å². The first-order valence-corrected chi connectivity index (χ1v) is 19.6. The molecule has 2 heteroatoms. The van der Waals surface area contributed by atoms with Gasteiger partial charge in [-0.05, 0) is 74.2 Å². The van der Waals surface area contributed by atoms with Gasteiger partial charge in [0.15, 0.2) is 0 Å². The Balaban J connectivity index is 0.000000721. The van der Waals surface area contributed by atoms with E-state index in [1.807, 2.05) is 0 Å². The van der Waals surface area contributed by atoms with Gasteiger partial charge >= 0.3 is 51.4 Å². The third-order valence-electron chi connectivity index (χ3n) is 9.70. The fourth-order valence-corrected chi connectivity index (χ4v) is 6.51. The van der Waals surface area contributed by atoms with Crippen LogP contribution in [0.15, 0.2) is 42.5 Å². The second-order valence-electron chi connectivity index (χ2n) is 13.7. The van der Waals surface area contributed by atoms with Crippen LogP contribution in [0.4, 0.5) is 0 Å². The van der Waals surface area contributed by atoms with E-state index in [1.165, 1.54) is 145 Å². The molecule has 3 rings (SSSR count). The second-order valence-corrected chi connectivity index (χ2v) is 13.7. The van der Waals surface area contributed by atoms with E-state index < -0.39 is 0 Å². The largest absolute Gasteiger partial charge is 1.00 e. The predicted octanol–water partition coefficient (Wildman–Crippen LogP) is 11.1. The van der Waals surface area contributed by atoms with Gasteiger partial charge in [-0.2, -0.15) is 6.42 Å². The van der Waals surface area contributed by atoms with Gasteiger partial charge in [0.05, 0.1) is 0 Å². The Morgan fingerprint density at radius 1 is 0.870 bits per heavy atom. The van der Waals surface area contributed by atoms with Crippen molar-refractivity contribution in [1.29, 1.82) is 0 Å². The summed E-state index contributed by atoms with van der Waals surface area (Å²) in [7, 11) is 0. The molecule has 0 amide bonds. The summed E-state index contributed by atoms with van der Waals surface area (Å²) in [5.41, 5.74) is 5.72. The summed E-state index contributed by atoms with van der Waals surface area (Å²) in [5, 5.41) is 0. The van der Waals surface area contributed by atoms with Gasteiger partial charge in [0.25, 0.3) is 0 Å². The minimum Gasteiger partial charge on any atom is -0.343 e. The van der Waals surface area contributed by atoms with Gasteiger partial charge in [0, 0.05) is 6.04 Å². The van der Waals surface area contributed by atoms with Crippen LogP contribution in [0.1, 0.15) is 182 Å². The third kappa shape index (κ3) is 20.5. The SMILES string of the molecule is CCC/C=C(\CCC)c1ccc(C2=CC=[C-]C(CC)C2)cc1.CCCC(CCC)N1CCCCC1.[CH2-]CCCCCC(C)CC.[K+]. The van der Waals surface area contributed by atoms with Crippen LogP contribution in [0.25, 0.3) is 11.1 Å². The summed E-state index contributed by atoms with van der Waals surface area (Å²) in [4.78, 5) is 2.73. The summed E-state index contributed by atoms with van der Waals surface area (Å²) < 4.78 is 0. The Bertz CT molecular complexity index is 898. The monoisotopic (exact) mass is 657 g/mol. The first-order valence-electron chi connectivity index (χ1n) is 19.6. The standard InChI is InChI=1S/C22H29.C12H25N.C10H21.K/c1-4-7-11-19(9-5-2)20-13-15-21(16-14-20)22-12-8-10-18(6-3)17-22;1-3-8-12(9-4-2)13-10-6-5-7-11-13;1-4-6-7-8-9-10(3)5-2;/h8,11-16,18H,4-7,9,17H2,1-3H3;12H,3-11H2,1-2H3;10H,1,4-9H2,2-3H3;/q-1;;-1;+1/b19-11+;;;. The molecule has 1 saturated heterocycles. The average molecular weight is 657 g/mol. The molecule has 1 nitrogen and oxygen atoms in total. The van der Waals surface area contributed by atoms with E-state index in [9.17, 15) is 0 Å². The van der Waals surface area contributed by atoms with Crippen molar-refractivity contribution in [2.45, 2.75) is 177 Å². The van der Waals surface area contributed by atoms with E-state index in [-0.39, 0.29) is 51.4 Å². The van der Waals surface area contributed by atoms with Crippen LogP contribution in [0.5, 0.6) is 0 Å². The van der Waals surface area contributed by atoms with Crippen LogP contribution >= 0.6 is 0 Å². The molecule has 1 aliphatic carbocycles. The van der Waals surface area contributed by atoms with E-state index in [4.69, 9.17) is 0 Å². The van der Waals surface area contributed by atoms with Crippen LogP contribution in [0, 0.1) is 24.8 Å². The summed E-state index contributed by atoms with van der Waals surface area (Å²) in [5.74, 6) is 1.52. The summed E-state index contributed by atoms with van der Waals surface area (Å²) in [6, 6.07) is 10.1. The number of hydrogen-bond acceptors (Lipinski definition) is 1. The van der Waals surface area contributed by atoms with Gasteiger partial charge < -0.3 is 11.8 Å². The van der Waals surface area contributed by atoms with Crippen molar-refractivity contribution in [3.8, 4) is 0 Å². The van der Waals surface area contributed by atoms with Gasteiger partial charge in [0.1, 0.15) is 0 Å². The van der Waals surface area contributed by atoms with Crippen LogP contribution in [-0.4, -0.2) is 24.0 Å². The van der Waals surface area contributed by atoms with Gasteiger partial charge in [-0.25, -0.2) is 12.2 Å². The van der Waals surface area contributed by atoms with Crippen LogP contribution in [-0.2, 0) is 0 Å². The van der Waals surface area contributed by atoms with Crippen molar-refractivity contribution in [3.05, 3.63) is 66.6 Å². The molecule has 2 aliphatic rings. The zero-order chi connectivity index (χ0) is 33.1. The fourth-order valence-electron chi connectivity index (χ4n) is 6.51. The molecule has 2 atom stereocenters. The zero-order valence-electron chi connectivity index (χ0n) is 32.3. The second kappa shape index (κ2) is 31.0. The Morgan fingerprint density at radius 3 is 2.09 bits per heavy atom. The first kappa shape index (κ1) is 46.0. The molecule has 1 aromatic carbocycles. The van der Waals surface area contributed by atoms with Crippen molar-refractivity contribution < 1.29 is 51.4 Å². The summed E-state index contributed by atoms with van der Waals surface area (Å²) in [6.45, 7) is 22.5. The van der Waals surface area contributed by atoms with Crippen molar-refractivity contribution >= 4 is 11.1 Å². The van der Waals surface area contributed by atoms with Crippen molar-refractivity contribution in [3.63, 3.8) is 0 Å². The molecule has 0 aromatic heterocycles. The predicted molar refractivity (Wildman–Crippen MR) is 205 cm³/mol. The maximum atomic E-state index is 3.82. The molecular weight excluding hydrogens is 582 g/mol. The van der Waals surface area contributed by atoms with Crippen LogP contribution < -0.4 is 51.4 Å². The molecule has 0 bridgehead atoms.